The van der Waals surface area contributed by atoms with Crippen LogP contribution in [0, 0.1) is 0 Å². The van der Waals surface area contributed by atoms with Gasteiger partial charge in [-0.1, -0.05) is 12.1 Å². The fourth-order valence-corrected chi connectivity index (χ4v) is 4.83. The van der Waals surface area contributed by atoms with Gasteiger partial charge in [0.1, 0.15) is 5.75 Å². The average Bonchev–Trinajstić information content (AvgIpc) is 2.70. The molecule has 3 rings (SSSR count). The number of para-hydroxylation sites is 2. The summed E-state index contributed by atoms with van der Waals surface area (Å²) in [5, 5.41) is 13.3. The molecule has 5 nitrogen and oxygen atoms in total. The van der Waals surface area contributed by atoms with E-state index in [9.17, 15) is 13.5 Å². The molecule has 0 aromatic heterocycles. The third kappa shape index (κ3) is 1.74. The zero-order valence-corrected chi connectivity index (χ0v) is 11.0. The van der Waals surface area contributed by atoms with E-state index in [1.54, 1.807) is 29.2 Å². The highest BCUT2D eigenvalue weighted by atomic mass is 32.2. The third-order valence-electron chi connectivity index (χ3n) is 3.32. The van der Waals surface area contributed by atoms with Gasteiger partial charge < -0.3 is 15.3 Å². The first-order valence-electron chi connectivity index (χ1n) is 5.56. The summed E-state index contributed by atoms with van der Waals surface area (Å²) in [7, 11) is -3.03. The predicted molar refractivity (Wildman–Crippen MR) is 72.5 cm³/mol. The SMILES string of the molecule is O=S1(=O)C[C@@H]2NC(=S)N(c3ccccc3O)[C@@H]2C1. The second kappa shape index (κ2) is 3.83. The second-order valence-corrected chi connectivity index (χ2v) is 7.10. The van der Waals surface area contributed by atoms with Gasteiger partial charge in [-0.15, -0.1) is 0 Å². The number of fused-ring (bicyclic) bond motifs is 1. The summed E-state index contributed by atoms with van der Waals surface area (Å²) in [5.74, 6) is 0.271. The van der Waals surface area contributed by atoms with Crippen LogP contribution in [0.5, 0.6) is 5.75 Å². The smallest absolute Gasteiger partial charge is 0.174 e. The average molecular weight is 284 g/mol. The lowest BCUT2D eigenvalue weighted by Gasteiger charge is -2.23. The summed E-state index contributed by atoms with van der Waals surface area (Å²) in [6.07, 6.45) is 0. The van der Waals surface area contributed by atoms with Crippen molar-refractivity contribution in [2.45, 2.75) is 12.1 Å². The molecule has 0 amide bonds. The number of sulfone groups is 1. The highest BCUT2D eigenvalue weighted by Gasteiger charge is 2.48. The topological polar surface area (TPSA) is 69.6 Å². The van der Waals surface area contributed by atoms with Crippen molar-refractivity contribution in [2.75, 3.05) is 16.4 Å². The number of nitrogens with zero attached hydrogens (tertiary/aromatic N) is 1. The third-order valence-corrected chi connectivity index (χ3v) is 5.35. The first-order chi connectivity index (χ1) is 8.48. The van der Waals surface area contributed by atoms with E-state index in [0.717, 1.165) is 0 Å². The lowest BCUT2D eigenvalue weighted by molar-refractivity contribution is 0.474. The highest BCUT2D eigenvalue weighted by molar-refractivity contribution is 7.91. The summed E-state index contributed by atoms with van der Waals surface area (Å²) in [5.41, 5.74) is 0.555. The largest absolute Gasteiger partial charge is 0.506 e. The lowest BCUT2D eigenvalue weighted by Crippen LogP contribution is -2.36. The molecule has 2 fully saturated rings. The van der Waals surface area contributed by atoms with Crippen molar-refractivity contribution in [1.82, 2.24) is 5.32 Å². The maximum Gasteiger partial charge on any atom is 0.174 e. The molecule has 2 aliphatic rings. The van der Waals surface area contributed by atoms with Gasteiger partial charge in [0.2, 0.25) is 0 Å². The maximum atomic E-state index is 11.6. The van der Waals surface area contributed by atoms with Gasteiger partial charge in [-0.05, 0) is 24.4 Å². The molecule has 2 heterocycles. The van der Waals surface area contributed by atoms with Gasteiger partial charge >= 0.3 is 0 Å². The van der Waals surface area contributed by atoms with E-state index in [2.05, 4.69) is 5.32 Å². The second-order valence-electron chi connectivity index (χ2n) is 4.56. The van der Waals surface area contributed by atoms with E-state index in [1.807, 2.05) is 0 Å². The van der Waals surface area contributed by atoms with Crippen LogP contribution in [-0.2, 0) is 9.84 Å². The summed E-state index contributed by atoms with van der Waals surface area (Å²) in [6.45, 7) is 0. The molecular weight excluding hydrogens is 272 g/mol. The maximum absolute atomic E-state index is 11.6. The van der Waals surface area contributed by atoms with Crippen molar-refractivity contribution in [3.63, 3.8) is 0 Å². The minimum absolute atomic E-state index is 0.0686. The molecule has 96 valence electrons. The van der Waals surface area contributed by atoms with Gasteiger partial charge in [0.25, 0.3) is 0 Å². The number of hydrogen-bond acceptors (Lipinski definition) is 4. The Morgan fingerprint density at radius 3 is 2.78 bits per heavy atom. The number of thiocarbonyl (C=S) groups is 1. The molecule has 1 aromatic carbocycles. The minimum Gasteiger partial charge on any atom is -0.506 e. The lowest BCUT2D eigenvalue weighted by atomic mass is 10.1. The van der Waals surface area contributed by atoms with Crippen LogP contribution >= 0.6 is 12.2 Å². The van der Waals surface area contributed by atoms with Gasteiger partial charge in [0, 0.05) is 0 Å². The number of phenols is 1. The molecule has 7 heteroatoms. The van der Waals surface area contributed by atoms with Crippen LogP contribution in [0.25, 0.3) is 0 Å². The Hall–Kier alpha value is -1.34. The highest BCUT2D eigenvalue weighted by Crippen LogP contribution is 2.34. The number of phenolic OH excluding ortho intramolecular Hbond substituents is 1. The predicted octanol–water partition coefficient (Wildman–Crippen LogP) is 0.252. The van der Waals surface area contributed by atoms with Crippen molar-refractivity contribution < 1.29 is 13.5 Å². The Bertz CT molecular complexity index is 614. The molecule has 2 atom stereocenters. The zero-order chi connectivity index (χ0) is 12.9. The molecule has 2 N–H and O–H groups in total. The van der Waals surface area contributed by atoms with Gasteiger partial charge in [-0.3, -0.25) is 0 Å². The molecule has 0 radical (unpaired) electrons. The van der Waals surface area contributed by atoms with Gasteiger partial charge in [0.05, 0.1) is 29.3 Å². The van der Waals surface area contributed by atoms with Crippen molar-refractivity contribution in [3.8, 4) is 5.75 Å². The number of aromatic hydroxyl groups is 1. The number of rotatable bonds is 1. The van der Waals surface area contributed by atoms with E-state index in [-0.39, 0.29) is 29.3 Å². The van der Waals surface area contributed by atoms with Crippen LogP contribution in [0.1, 0.15) is 0 Å². The standard InChI is InChI=1S/C11H12N2O3S2/c14-10-4-2-1-3-8(10)13-9-6-18(15,16)5-7(9)12-11(13)17/h1-4,7,9,14H,5-6H2,(H,12,17)/t7-,9+/m0/s1. The first-order valence-corrected chi connectivity index (χ1v) is 7.79. The normalized spacial score (nSPS) is 29.1. The molecule has 0 saturated carbocycles. The van der Waals surface area contributed by atoms with Gasteiger partial charge in [-0.25, -0.2) is 8.42 Å². The summed E-state index contributed by atoms with van der Waals surface area (Å²) < 4.78 is 23.3. The van der Waals surface area contributed by atoms with Crippen LogP contribution < -0.4 is 10.2 Å². The van der Waals surface area contributed by atoms with Crippen molar-refractivity contribution >= 4 is 32.9 Å². The Morgan fingerprint density at radius 2 is 2.06 bits per heavy atom. The first kappa shape index (κ1) is 11.7. The Morgan fingerprint density at radius 1 is 1.33 bits per heavy atom. The molecule has 1 aromatic rings. The van der Waals surface area contributed by atoms with Gasteiger partial charge in [-0.2, -0.15) is 0 Å². The van der Waals surface area contributed by atoms with Crippen LogP contribution in [0.4, 0.5) is 5.69 Å². The fraction of sp³-hybridized carbons (Fsp3) is 0.364. The molecular formula is C11H12N2O3S2. The Labute approximate surface area is 110 Å². The molecule has 0 aliphatic carbocycles. The Balaban J connectivity index is 2.02. The zero-order valence-electron chi connectivity index (χ0n) is 9.41. The van der Waals surface area contributed by atoms with Crippen molar-refractivity contribution in [2.24, 2.45) is 0 Å². The van der Waals surface area contributed by atoms with Crippen LogP contribution in [0.2, 0.25) is 0 Å². The number of benzene rings is 1. The molecule has 18 heavy (non-hydrogen) atoms. The summed E-state index contributed by atoms with van der Waals surface area (Å²) >= 11 is 5.22. The van der Waals surface area contributed by atoms with Crippen LogP contribution in [0.3, 0.4) is 0 Å². The molecule has 2 aliphatic heterocycles. The van der Waals surface area contributed by atoms with E-state index >= 15 is 0 Å². The fourth-order valence-electron chi connectivity index (χ4n) is 2.56. The Kier molecular flexibility index (Phi) is 2.49. The monoisotopic (exact) mass is 284 g/mol. The van der Waals surface area contributed by atoms with E-state index in [0.29, 0.717) is 10.8 Å². The van der Waals surface area contributed by atoms with Crippen LogP contribution in [0.15, 0.2) is 24.3 Å². The summed E-state index contributed by atoms with van der Waals surface area (Å²) in [4.78, 5) is 1.71. The molecule has 0 spiro atoms. The van der Waals surface area contributed by atoms with E-state index in [4.69, 9.17) is 12.2 Å². The van der Waals surface area contributed by atoms with Gasteiger partial charge in [0.15, 0.2) is 14.9 Å². The van der Waals surface area contributed by atoms with Crippen LogP contribution in [-0.4, -0.2) is 42.2 Å². The quantitative estimate of drug-likeness (QED) is 0.721. The number of anilines is 1. The molecule has 0 bridgehead atoms. The molecule has 2 saturated heterocycles. The molecule has 0 unspecified atom stereocenters. The summed E-state index contributed by atoms with van der Waals surface area (Å²) in [6, 6.07) is 6.39. The van der Waals surface area contributed by atoms with Crippen molar-refractivity contribution in [3.05, 3.63) is 24.3 Å². The van der Waals surface area contributed by atoms with Crippen molar-refractivity contribution in [1.29, 1.82) is 0 Å². The van der Waals surface area contributed by atoms with E-state index in [1.165, 1.54) is 0 Å². The number of hydrogen-bond donors (Lipinski definition) is 2. The number of nitrogens with one attached hydrogen (secondary N) is 1. The van der Waals surface area contributed by atoms with E-state index < -0.39 is 9.84 Å². The minimum atomic E-state index is -3.03.